The standard InChI is InChI=1S/C17H30N2/c1-5-8-13-19(14(4)6-2)17-12-10-9-11-15(17)16(18)7-3/h9-12,14,16H,5-8,13,18H2,1-4H3/t14?,16-/m0/s1. The summed E-state index contributed by atoms with van der Waals surface area (Å²) in [6.07, 6.45) is 4.62. The number of anilines is 1. The van der Waals surface area contributed by atoms with Gasteiger partial charge < -0.3 is 10.6 Å². The van der Waals surface area contributed by atoms with Crippen LogP contribution < -0.4 is 10.6 Å². The Morgan fingerprint density at radius 2 is 1.79 bits per heavy atom. The largest absolute Gasteiger partial charge is 0.369 e. The zero-order valence-electron chi connectivity index (χ0n) is 13.0. The Balaban J connectivity index is 3.06. The van der Waals surface area contributed by atoms with Crippen LogP contribution in [-0.4, -0.2) is 12.6 Å². The maximum absolute atomic E-state index is 6.28. The number of rotatable bonds is 8. The Morgan fingerprint density at radius 3 is 2.37 bits per heavy atom. The third kappa shape index (κ3) is 4.24. The maximum Gasteiger partial charge on any atom is 0.0417 e. The van der Waals surface area contributed by atoms with Crippen LogP contribution in [0.25, 0.3) is 0 Å². The minimum absolute atomic E-state index is 0.143. The van der Waals surface area contributed by atoms with Gasteiger partial charge in [0, 0.05) is 24.3 Å². The van der Waals surface area contributed by atoms with Crippen molar-refractivity contribution in [1.82, 2.24) is 0 Å². The zero-order chi connectivity index (χ0) is 14.3. The van der Waals surface area contributed by atoms with Crippen molar-refractivity contribution in [3.8, 4) is 0 Å². The first-order valence-corrected chi connectivity index (χ1v) is 7.76. The summed E-state index contributed by atoms with van der Waals surface area (Å²) in [7, 11) is 0. The van der Waals surface area contributed by atoms with E-state index in [4.69, 9.17) is 5.73 Å². The highest BCUT2D eigenvalue weighted by Gasteiger charge is 2.17. The number of unbranched alkanes of at least 4 members (excludes halogenated alkanes) is 1. The van der Waals surface area contributed by atoms with Gasteiger partial charge in [-0.1, -0.05) is 45.4 Å². The molecule has 0 aliphatic heterocycles. The molecule has 0 fully saturated rings. The van der Waals surface area contributed by atoms with E-state index in [2.05, 4.69) is 56.9 Å². The Bertz CT molecular complexity index is 362. The van der Waals surface area contributed by atoms with Crippen LogP contribution in [0.2, 0.25) is 0 Å². The molecule has 2 heteroatoms. The van der Waals surface area contributed by atoms with Crippen LogP contribution in [0.3, 0.4) is 0 Å². The third-order valence-electron chi connectivity index (χ3n) is 3.96. The minimum atomic E-state index is 0.143. The van der Waals surface area contributed by atoms with Crippen LogP contribution in [-0.2, 0) is 0 Å². The summed E-state index contributed by atoms with van der Waals surface area (Å²) in [5.74, 6) is 0. The Hall–Kier alpha value is -1.02. The first kappa shape index (κ1) is 16.0. The van der Waals surface area contributed by atoms with Gasteiger partial charge in [-0.05, 0) is 37.8 Å². The summed E-state index contributed by atoms with van der Waals surface area (Å²) in [4.78, 5) is 2.54. The lowest BCUT2D eigenvalue weighted by molar-refractivity contribution is 0.588. The van der Waals surface area contributed by atoms with E-state index in [0.29, 0.717) is 6.04 Å². The van der Waals surface area contributed by atoms with Crippen molar-refractivity contribution >= 4 is 5.69 Å². The van der Waals surface area contributed by atoms with Crippen molar-refractivity contribution in [2.24, 2.45) is 5.73 Å². The van der Waals surface area contributed by atoms with Gasteiger partial charge in [0.25, 0.3) is 0 Å². The van der Waals surface area contributed by atoms with Gasteiger partial charge in [-0.2, -0.15) is 0 Å². The highest BCUT2D eigenvalue weighted by molar-refractivity contribution is 5.55. The van der Waals surface area contributed by atoms with Gasteiger partial charge in [-0.25, -0.2) is 0 Å². The molecule has 19 heavy (non-hydrogen) atoms. The molecule has 1 aromatic rings. The van der Waals surface area contributed by atoms with Gasteiger partial charge in [0.2, 0.25) is 0 Å². The lowest BCUT2D eigenvalue weighted by atomic mass is 10.0. The summed E-state index contributed by atoms with van der Waals surface area (Å²) >= 11 is 0. The monoisotopic (exact) mass is 262 g/mol. The van der Waals surface area contributed by atoms with Crippen LogP contribution in [0.1, 0.15) is 65.0 Å². The SMILES string of the molecule is CCCCN(c1ccccc1[C@@H](N)CC)C(C)CC. The van der Waals surface area contributed by atoms with Crippen LogP contribution in [0.5, 0.6) is 0 Å². The van der Waals surface area contributed by atoms with E-state index in [-0.39, 0.29) is 6.04 Å². The van der Waals surface area contributed by atoms with E-state index in [9.17, 15) is 0 Å². The lowest BCUT2D eigenvalue weighted by Gasteiger charge is -2.33. The van der Waals surface area contributed by atoms with Crippen LogP contribution >= 0.6 is 0 Å². The van der Waals surface area contributed by atoms with Crippen molar-refractivity contribution in [2.75, 3.05) is 11.4 Å². The second kappa shape index (κ2) is 8.21. The summed E-state index contributed by atoms with van der Waals surface area (Å²) < 4.78 is 0. The molecule has 1 rings (SSSR count). The molecule has 0 saturated heterocycles. The van der Waals surface area contributed by atoms with E-state index in [1.54, 1.807) is 0 Å². The molecule has 0 spiro atoms. The third-order valence-corrected chi connectivity index (χ3v) is 3.96. The van der Waals surface area contributed by atoms with Gasteiger partial charge in [-0.15, -0.1) is 0 Å². The highest BCUT2D eigenvalue weighted by Crippen LogP contribution is 2.29. The van der Waals surface area contributed by atoms with E-state index in [1.165, 1.54) is 30.5 Å². The van der Waals surface area contributed by atoms with Crippen LogP contribution in [0.15, 0.2) is 24.3 Å². The predicted octanol–water partition coefficient (Wildman–Crippen LogP) is 4.50. The second-order valence-electron chi connectivity index (χ2n) is 5.38. The molecule has 108 valence electrons. The molecule has 0 amide bonds. The molecule has 0 aliphatic carbocycles. The van der Waals surface area contributed by atoms with Gasteiger partial charge in [-0.3, -0.25) is 0 Å². The van der Waals surface area contributed by atoms with Crippen molar-refractivity contribution in [3.05, 3.63) is 29.8 Å². The molecule has 0 saturated carbocycles. The Kier molecular flexibility index (Phi) is 6.93. The molecule has 2 atom stereocenters. The molecule has 0 heterocycles. The Labute approximate surface area is 119 Å². The average molecular weight is 262 g/mol. The smallest absolute Gasteiger partial charge is 0.0417 e. The van der Waals surface area contributed by atoms with Gasteiger partial charge in [0.05, 0.1) is 0 Å². The number of nitrogens with zero attached hydrogens (tertiary/aromatic N) is 1. The normalized spacial score (nSPS) is 14.2. The molecule has 2 N–H and O–H groups in total. The van der Waals surface area contributed by atoms with Crippen molar-refractivity contribution in [1.29, 1.82) is 0 Å². The number of hydrogen-bond donors (Lipinski definition) is 1. The second-order valence-corrected chi connectivity index (χ2v) is 5.38. The van der Waals surface area contributed by atoms with E-state index >= 15 is 0 Å². The fourth-order valence-electron chi connectivity index (χ4n) is 2.41. The zero-order valence-corrected chi connectivity index (χ0v) is 13.0. The molecule has 2 nitrogen and oxygen atoms in total. The van der Waals surface area contributed by atoms with E-state index in [1.807, 2.05) is 0 Å². The van der Waals surface area contributed by atoms with E-state index < -0.39 is 0 Å². The first-order chi connectivity index (χ1) is 9.15. The quantitative estimate of drug-likeness (QED) is 0.747. The van der Waals surface area contributed by atoms with Crippen molar-refractivity contribution in [2.45, 2.75) is 65.5 Å². The van der Waals surface area contributed by atoms with Gasteiger partial charge >= 0.3 is 0 Å². The van der Waals surface area contributed by atoms with Gasteiger partial charge in [0.1, 0.15) is 0 Å². The Morgan fingerprint density at radius 1 is 1.11 bits per heavy atom. The predicted molar refractivity (Wildman–Crippen MR) is 85.7 cm³/mol. The molecule has 0 radical (unpaired) electrons. The van der Waals surface area contributed by atoms with Crippen LogP contribution in [0.4, 0.5) is 5.69 Å². The summed E-state index contributed by atoms with van der Waals surface area (Å²) in [6.45, 7) is 10.1. The minimum Gasteiger partial charge on any atom is -0.369 e. The van der Waals surface area contributed by atoms with Crippen molar-refractivity contribution in [3.63, 3.8) is 0 Å². The molecule has 0 bridgehead atoms. The number of hydrogen-bond acceptors (Lipinski definition) is 2. The summed E-state index contributed by atoms with van der Waals surface area (Å²) in [6, 6.07) is 9.35. The number of para-hydroxylation sites is 1. The molecule has 0 aromatic heterocycles. The summed E-state index contributed by atoms with van der Waals surface area (Å²) in [5.41, 5.74) is 8.90. The number of nitrogens with two attached hydrogens (primary N) is 1. The molecular formula is C17H30N2. The van der Waals surface area contributed by atoms with Crippen LogP contribution in [0, 0.1) is 0 Å². The fraction of sp³-hybridized carbons (Fsp3) is 0.647. The van der Waals surface area contributed by atoms with E-state index in [0.717, 1.165) is 13.0 Å². The molecular weight excluding hydrogens is 232 g/mol. The summed E-state index contributed by atoms with van der Waals surface area (Å²) in [5, 5.41) is 0. The fourth-order valence-corrected chi connectivity index (χ4v) is 2.41. The average Bonchev–Trinajstić information content (AvgIpc) is 2.46. The van der Waals surface area contributed by atoms with Crippen molar-refractivity contribution < 1.29 is 0 Å². The lowest BCUT2D eigenvalue weighted by Crippen LogP contribution is -2.34. The maximum atomic E-state index is 6.28. The van der Waals surface area contributed by atoms with Gasteiger partial charge in [0.15, 0.2) is 0 Å². The number of benzene rings is 1. The highest BCUT2D eigenvalue weighted by atomic mass is 15.2. The molecule has 0 aliphatic rings. The molecule has 1 aromatic carbocycles. The molecule has 1 unspecified atom stereocenters. The topological polar surface area (TPSA) is 29.3 Å². The first-order valence-electron chi connectivity index (χ1n) is 7.76.